The molecule has 1 atom stereocenters. The fraction of sp³-hybridized carbons (Fsp3) is 0.625. The van der Waals surface area contributed by atoms with Gasteiger partial charge in [-0.3, -0.25) is 0 Å². The zero-order chi connectivity index (χ0) is 12.5. The van der Waals surface area contributed by atoms with Crippen LogP contribution >= 0.6 is 23.6 Å². The van der Waals surface area contributed by atoms with Gasteiger partial charge in [-0.15, -0.1) is 8.17 Å². The second-order valence-electron chi connectivity index (χ2n) is 3.53. The third-order valence-electron chi connectivity index (χ3n) is 2.32. The van der Waals surface area contributed by atoms with Crippen LogP contribution in [0.3, 0.4) is 0 Å². The molecule has 0 saturated carbocycles. The second kappa shape index (κ2) is 4.88. The molecule has 0 amide bonds. The van der Waals surface area contributed by atoms with Crippen molar-refractivity contribution < 1.29 is 0 Å². The number of hydrogen-bond donors (Lipinski definition) is 0. The molecule has 0 aromatic carbocycles. The molecule has 0 aliphatic rings. The first-order valence-electron chi connectivity index (χ1n) is 4.71. The summed E-state index contributed by atoms with van der Waals surface area (Å²) in [6.45, 7) is 3.97. The maximum atomic E-state index is 11.5. The fourth-order valence-electron chi connectivity index (χ4n) is 1.13. The monoisotopic (exact) mass is 267 g/mol. The maximum Gasteiger partial charge on any atom is 0.366 e. The number of halogens is 2. The van der Waals surface area contributed by atoms with Crippen molar-refractivity contribution in [2.45, 2.75) is 26.8 Å². The zero-order valence-electron chi connectivity index (χ0n) is 8.81. The van der Waals surface area contributed by atoms with E-state index in [0.717, 1.165) is 11.0 Å². The van der Waals surface area contributed by atoms with Gasteiger partial charge in [0.2, 0.25) is 0 Å². The SMILES string of the molecule is CCC(C)Cn1c(=O)n(Cl)c(=O)n(Cl)c1=O. The third-order valence-corrected chi connectivity index (χ3v) is 2.90. The molecule has 0 aliphatic carbocycles. The lowest BCUT2D eigenvalue weighted by atomic mass is 10.1. The van der Waals surface area contributed by atoms with Gasteiger partial charge in [-0.05, 0) is 5.92 Å². The highest BCUT2D eigenvalue weighted by Crippen LogP contribution is 2.00. The lowest BCUT2D eigenvalue weighted by Gasteiger charge is -2.10. The van der Waals surface area contributed by atoms with Crippen molar-refractivity contribution in [1.82, 2.24) is 12.7 Å². The van der Waals surface area contributed by atoms with Crippen LogP contribution in [0.25, 0.3) is 0 Å². The second-order valence-corrected chi connectivity index (χ2v) is 4.21. The van der Waals surface area contributed by atoms with E-state index in [4.69, 9.17) is 23.6 Å². The van der Waals surface area contributed by atoms with Crippen LogP contribution in [-0.4, -0.2) is 12.7 Å². The summed E-state index contributed by atoms with van der Waals surface area (Å²) in [5.41, 5.74) is -2.79. The highest BCUT2D eigenvalue weighted by atomic mass is 35.5. The van der Waals surface area contributed by atoms with Crippen LogP contribution in [0, 0.1) is 5.92 Å². The van der Waals surface area contributed by atoms with Crippen LogP contribution in [0.2, 0.25) is 0 Å². The highest BCUT2D eigenvalue weighted by Gasteiger charge is 2.14. The Labute approximate surface area is 101 Å². The van der Waals surface area contributed by atoms with Gasteiger partial charge in [-0.25, -0.2) is 19.0 Å². The van der Waals surface area contributed by atoms with E-state index < -0.39 is 17.1 Å². The predicted octanol–water partition coefficient (Wildman–Crippen LogP) is 0.222. The Balaban J connectivity index is 3.47. The van der Waals surface area contributed by atoms with Gasteiger partial charge in [0.1, 0.15) is 0 Å². The Morgan fingerprint density at radius 2 is 1.50 bits per heavy atom. The van der Waals surface area contributed by atoms with E-state index in [2.05, 4.69) is 0 Å². The molecule has 1 rings (SSSR count). The van der Waals surface area contributed by atoms with Crippen molar-refractivity contribution in [3.05, 3.63) is 31.5 Å². The Hall–Kier alpha value is -1.01. The standard InChI is InChI=1S/C8H11Cl2N3O3/c1-3-5(2)4-11-6(14)12(9)8(16)13(10)7(11)15/h5H,3-4H2,1-2H3. The minimum Gasteiger partial charge on any atom is -0.246 e. The normalized spacial score (nSPS) is 12.8. The van der Waals surface area contributed by atoms with Crippen LogP contribution in [0.5, 0.6) is 0 Å². The highest BCUT2D eigenvalue weighted by molar-refractivity contribution is 6.17. The van der Waals surface area contributed by atoms with Crippen molar-refractivity contribution in [2.75, 3.05) is 0 Å². The largest absolute Gasteiger partial charge is 0.366 e. The van der Waals surface area contributed by atoms with Gasteiger partial charge in [0.15, 0.2) is 0 Å². The molecule has 90 valence electrons. The summed E-state index contributed by atoms with van der Waals surface area (Å²) in [5, 5.41) is 0. The minimum atomic E-state index is -1.06. The summed E-state index contributed by atoms with van der Waals surface area (Å²) in [7, 11) is 0. The molecule has 1 aromatic rings. The average Bonchev–Trinajstić information content (AvgIpc) is 2.29. The van der Waals surface area contributed by atoms with Crippen molar-refractivity contribution in [1.29, 1.82) is 0 Å². The molecule has 0 radical (unpaired) electrons. The molecular weight excluding hydrogens is 257 g/mol. The van der Waals surface area contributed by atoms with E-state index in [1.54, 1.807) is 0 Å². The smallest absolute Gasteiger partial charge is 0.246 e. The van der Waals surface area contributed by atoms with E-state index in [1.165, 1.54) is 0 Å². The number of rotatable bonds is 3. The molecule has 8 heteroatoms. The topological polar surface area (TPSA) is 66.0 Å². The molecule has 1 heterocycles. The van der Waals surface area contributed by atoms with Crippen LogP contribution < -0.4 is 17.1 Å². The first-order chi connectivity index (χ1) is 7.40. The lowest BCUT2D eigenvalue weighted by molar-refractivity contribution is 0.431. The molecular formula is C8H11Cl2N3O3. The van der Waals surface area contributed by atoms with Crippen LogP contribution in [0.4, 0.5) is 0 Å². The first-order valence-corrected chi connectivity index (χ1v) is 5.39. The summed E-state index contributed by atoms with van der Waals surface area (Å²) >= 11 is 10.8. The van der Waals surface area contributed by atoms with Crippen molar-refractivity contribution in [3.8, 4) is 0 Å². The Morgan fingerprint density at radius 3 is 1.88 bits per heavy atom. The molecule has 1 unspecified atom stereocenters. The van der Waals surface area contributed by atoms with E-state index in [9.17, 15) is 14.4 Å². The van der Waals surface area contributed by atoms with E-state index in [0.29, 0.717) is 0 Å². The number of aromatic nitrogens is 3. The molecule has 0 bridgehead atoms. The van der Waals surface area contributed by atoms with Crippen molar-refractivity contribution >= 4 is 23.6 Å². The van der Waals surface area contributed by atoms with Crippen molar-refractivity contribution in [2.24, 2.45) is 5.92 Å². The Bertz CT molecular complexity index is 517. The van der Waals surface area contributed by atoms with Gasteiger partial charge in [-0.1, -0.05) is 20.3 Å². The van der Waals surface area contributed by atoms with Crippen LogP contribution in [0.1, 0.15) is 20.3 Å². The Morgan fingerprint density at radius 1 is 1.06 bits per heavy atom. The fourth-order valence-corrected chi connectivity index (χ4v) is 1.50. The lowest BCUT2D eigenvalue weighted by Crippen LogP contribution is -2.50. The molecule has 6 nitrogen and oxygen atoms in total. The molecule has 0 aliphatic heterocycles. The molecule has 0 saturated heterocycles. The first kappa shape index (κ1) is 13.1. The molecule has 16 heavy (non-hydrogen) atoms. The van der Waals surface area contributed by atoms with Gasteiger partial charge in [0.05, 0.1) is 0 Å². The van der Waals surface area contributed by atoms with E-state index in [-0.39, 0.29) is 20.6 Å². The summed E-state index contributed by atoms with van der Waals surface area (Å²) in [6.07, 6.45) is 0.787. The predicted molar refractivity (Wildman–Crippen MR) is 61.2 cm³/mol. The summed E-state index contributed by atoms with van der Waals surface area (Å²) in [5.74, 6) is 0.108. The maximum absolute atomic E-state index is 11.5. The molecule has 0 N–H and O–H groups in total. The van der Waals surface area contributed by atoms with E-state index >= 15 is 0 Å². The van der Waals surface area contributed by atoms with Crippen molar-refractivity contribution in [3.63, 3.8) is 0 Å². The quantitative estimate of drug-likeness (QED) is 0.787. The van der Waals surface area contributed by atoms with Gasteiger partial charge >= 0.3 is 17.1 Å². The van der Waals surface area contributed by atoms with Gasteiger partial charge in [0, 0.05) is 30.1 Å². The molecule has 0 fully saturated rings. The molecule has 1 aromatic heterocycles. The minimum absolute atomic E-state index is 0.108. The van der Waals surface area contributed by atoms with Gasteiger partial charge in [-0.2, -0.15) is 0 Å². The zero-order valence-corrected chi connectivity index (χ0v) is 10.3. The summed E-state index contributed by atoms with van der Waals surface area (Å²) < 4.78 is 1.42. The number of nitrogens with zero attached hydrogens (tertiary/aromatic N) is 3. The summed E-state index contributed by atoms with van der Waals surface area (Å²) in [6, 6.07) is 0. The third kappa shape index (κ3) is 2.22. The Kier molecular flexibility index (Phi) is 3.98. The summed E-state index contributed by atoms with van der Waals surface area (Å²) in [4.78, 5) is 34.2. The van der Waals surface area contributed by atoms with Crippen LogP contribution in [0.15, 0.2) is 14.4 Å². The number of hydrogen-bond acceptors (Lipinski definition) is 3. The molecule has 0 spiro atoms. The van der Waals surface area contributed by atoms with Gasteiger partial charge in [0.25, 0.3) is 0 Å². The average molecular weight is 268 g/mol. The van der Waals surface area contributed by atoms with Crippen LogP contribution in [-0.2, 0) is 6.54 Å². The van der Waals surface area contributed by atoms with E-state index in [1.807, 2.05) is 13.8 Å². The van der Waals surface area contributed by atoms with Gasteiger partial charge < -0.3 is 0 Å².